The van der Waals surface area contributed by atoms with E-state index in [9.17, 15) is 0 Å². The molecular formula is C14H12N4. The van der Waals surface area contributed by atoms with Gasteiger partial charge < -0.3 is 0 Å². The number of aromatic nitrogens is 4. The van der Waals surface area contributed by atoms with Crippen LogP contribution >= 0.6 is 0 Å². The first-order chi connectivity index (χ1) is 8.97. The number of rotatable bonds is 0. The fourth-order valence-corrected chi connectivity index (χ4v) is 1.34. The van der Waals surface area contributed by atoms with Crippen LogP contribution in [0.5, 0.6) is 0 Å². The van der Waals surface area contributed by atoms with Crippen molar-refractivity contribution >= 4 is 10.9 Å². The molecule has 0 spiro atoms. The van der Waals surface area contributed by atoms with E-state index in [0.29, 0.717) is 0 Å². The zero-order valence-electron chi connectivity index (χ0n) is 9.72. The van der Waals surface area contributed by atoms with Gasteiger partial charge in [0.2, 0.25) is 0 Å². The summed E-state index contributed by atoms with van der Waals surface area (Å²) in [4.78, 5) is 0. The zero-order valence-corrected chi connectivity index (χ0v) is 9.72. The molecule has 0 amide bonds. The van der Waals surface area contributed by atoms with Crippen molar-refractivity contribution in [3.8, 4) is 0 Å². The first kappa shape index (κ1) is 11.9. The van der Waals surface area contributed by atoms with E-state index in [-0.39, 0.29) is 0 Å². The molecule has 0 saturated carbocycles. The van der Waals surface area contributed by atoms with E-state index in [4.69, 9.17) is 0 Å². The lowest BCUT2D eigenvalue weighted by molar-refractivity contribution is 0.802. The van der Waals surface area contributed by atoms with Crippen molar-refractivity contribution in [1.82, 2.24) is 20.6 Å². The second-order valence-electron chi connectivity index (χ2n) is 3.42. The van der Waals surface area contributed by atoms with Crippen LogP contribution in [0, 0.1) is 0 Å². The number of fused-ring (bicyclic) bond motifs is 1. The topological polar surface area (TPSA) is 51.6 Å². The van der Waals surface area contributed by atoms with E-state index in [2.05, 4.69) is 20.6 Å². The highest BCUT2D eigenvalue weighted by Crippen LogP contribution is 2.05. The standard InChI is InChI=1S/C14H12N4/c1-2-4-8-12-15-17-18-16-14-11-7-6-10-13(14)9-5-3-1/h1-12H. The van der Waals surface area contributed by atoms with E-state index in [1.165, 1.54) is 0 Å². The van der Waals surface area contributed by atoms with Gasteiger partial charge in [-0.3, -0.25) is 0 Å². The molecule has 1 aromatic heterocycles. The highest BCUT2D eigenvalue weighted by Gasteiger charge is 1.85. The van der Waals surface area contributed by atoms with E-state index >= 15 is 0 Å². The summed E-state index contributed by atoms with van der Waals surface area (Å²) in [6.45, 7) is 0. The highest BCUT2D eigenvalue weighted by atomic mass is 15.4. The molecule has 0 radical (unpaired) electrons. The molecule has 2 rings (SSSR count). The monoisotopic (exact) mass is 236 g/mol. The smallest absolute Gasteiger partial charge is 0.0947 e. The van der Waals surface area contributed by atoms with Crippen molar-refractivity contribution in [2.75, 3.05) is 0 Å². The second-order valence-corrected chi connectivity index (χ2v) is 3.42. The van der Waals surface area contributed by atoms with Gasteiger partial charge in [-0.15, -0.1) is 10.2 Å². The third-order valence-electron chi connectivity index (χ3n) is 2.16. The predicted octanol–water partition coefficient (Wildman–Crippen LogP) is 2.67. The van der Waals surface area contributed by atoms with E-state index in [1.54, 1.807) is 12.3 Å². The lowest BCUT2D eigenvalue weighted by Gasteiger charge is -1.87. The number of hydrogen-bond donors (Lipinski definition) is 0. The van der Waals surface area contributed by atoms with Crippen LogP contribution in [0.15, 0.2) is 72.9 Å². The molecule has 0 saturated heterocycles. The Morgan fingerprint density at radius 2 is 1.28 bits per heavy atom. The van der Waals surface area contributed by atoms with Gasteiger partial charge in [-0.25, -0.2) is 0 Å². The van der Waals surface area contributed by atoms with Gasteiger partial charge in [0.25, 0.3) is 0 Å². The molecule has 1 aromatic carbocycles. The first-order valence-electron chi connectivity index (χ1n) is 5.53. The number of nitrogens with zero attached hydrogens (tertiary/aromatic N) is 4. The zero-order chi connectivity index (χ0) is 12.5. The van der Waals surface area contributed by atoms with Gasteiger partial charge in [-0.2, -0.15) is 0 Å². The van der Waals surface area contributed by atoms with Gasteiger partial charge in [0.1, 0.15) is 0 Å². The van der Waals surface area contributed by atoms with Gasteiger partial charge in [0, 0.05) is 5.39 Å². The maximum absolute atomic E-state index is 4.01. The van der Waals surface area contributed by atoms with Crippen LogP contribution in [-0.4, -0.2) is 20.6 Å². The molecule has 88 valence electrons. The minimum Gasteiger partial charge on any atom is -0.137 e. The summed E-state index contributed by atoms with van der Waals surface area (Å²) in [5.41, 5.74) is 0.762. The Kier molecular flexibility index (Phi) is 4.51. The second kappa shape index (κ2) is 6.85. The van der Waals surface area contributed by atoms with Crippen LogP contribution in [0.25, 0.3) is 10.9 Å². The third kappa shape index (κ3) is 3.75. The number of hydrogen-bond acceptors (Lipinski definition) is 4. The van der Waals surface area contributed by atoms with Crippen LogP contribution in [0.1, 0.15) is 0 Å². The molecule has 4 heteroatoms. The van der Waals surface area contributed by atoms with Crippen molar-refractivity contribution in [2.45, 2.75) is 0 Å². The lowest BCUT2D eigenvalue weighted by atomic mass is 10.2. The normalized spacial score (nSPS) is 9.11. The summed E-state index contributed by atoms with van der Waals surface area (Å²) in [5, 5.41) is 16.0. The van der Waals surface area contributed by atoms with Crippen molar-refractivity contribution in [3.05, 3.63) is 72.9 Å². The third-order valence-corrected chi connectivity index (χ3v) is 2.16. The van der Waals surface area contributed by atoms with E-state index in [1.807, 2.05) is 60.7 Å². The van der Waals surface area contributed by atoms with Gasteiger partial charge in [0.05, 0.1) is 11.7 Å². The fourth-order valence-electron chi connectivity index (χ4n) is 1.34. The highest BCUT2D eigenvalue weighted by molar-refractivity contribution is 5.76. The molecule has 18 heavy (non-hydrogen) atoms. The Bertz CT molecular complexity index is 569. The van der Waals surface area contributed by atoms with Gasteiger partial charge in [-0.05, 0) is 22.6 Å². The maximum atomic E-state index is 4.01. The molecule has 0 bridgehead atoms. The molecule has 0 N–H and O–H groups in total. The van der Waals surface area contributed by atoms with Gasteiger partial charge in [-0.1, -0.05) is 54.6 Å². The van der Waals surface area contributed by atoms with Crippen LogP contribution in [0.4, 0.5) is 0 Å². The van der Waals surface area contributed by atoms with Crippen molar-refractivity contribution < 1.29 is 0 Å². The van der Waals surface area contributed by atoms with E-state index in [0.717, 1.165) is 10.9 Å². The predicted molar refractivity (Wildman–Crippen MR) is 70.4 cm³/mol. The summed E-state index contributed by atoms with van der Waals surface area (Å²) in [6.07, 6.45) is 1.55. The summed E-state index contributed by atoms with van der Waals surface area (Å²) >= 11 is 0. The van der Waals surface area contributed by atoms with Crippen molar-refractivity contribution in [1.29, 1.82) is 0 Å². The number of benzene rings is 1. The fraction of sp³-hybridized carbons (Fsp3) is 0. The molecule has 1 heterocycles. The lowest BCUT2D eigenvalue weighted by Crippen LogP contribution is -1.82. The first-order valence-corrected chi connectivity index (χ1v) is 5.53. The van der Waals surface area contributed by atoms with Gasteiger partial charge in [0.15, 0.2) is 0 Å². The summed E-state index contributed by atoms with van der Waals surface area (Å²) < 4.78 is 0. The Morgan fingerprint density at radius 1 is 0.611 bits per heavy atom. The van der Waals surface area contributed by atoms with Crippen molar-refractivity contribution in [2.24, 2.45) is 0 Å². The molecule has 2 aromatic rings. The molecule has 0 fully saturated rings. The molecule has 0 atom stereocenters. The Hall–Kier alpha value is -2.62. The molecule has 0 aliphatic rings. The molecule has 0 aliphatic heterocycles. The van der Waals surface area contributed by atoms with Crippen molar-refractivity contribution in [3.63, 3.8) is 0 Å². The molecular weight excluding hydrogens is 224 g/mol. The minimum absolute atomic E-state index is 0.762. The molecule has 0 aliphatic carbocycles. The Morgan fingerprint density at radius 3 is 2.17 bits per heavy atom. The maximum Gasteiger partial charge on any atom is 0.0947 e. The Balaban J connectivity index is 2.63. The molecule has 0 unspecified atom stereocenters. The average molecular weight is 236 g/mol. The van der Waals surface area contributed by atoms with Crippen LogP contribution < -0.4 is 0 Å². The molecule has 4 nitrogen and oxygen atoms in total. The quantitative estimate of drug-likeness (QED) is 0.705. The summed E-state index contributed by atoms with van der Waals surface area (Å²) in [5.74, 6) is 0. The summed E-state index contributed by atoms with van der Waals surface area (Å²) in [7, 11) is 0. The van der Waals surface area contributed by atoms with Crippen LogP contribution in [0.2, 0.25) is 0 Å². The van der Waals surface area contributed by atoms with Crippen LogP contribution in [0.3, 0.4) is 0 Å². The Labute approximate surface area is 105 Å². The van der Waals surface area contributed by atoms with Gasteiger partial charge >= 0.3 is 0 Å². The SMILES string of the molecule is c1ccccc2ccccc2nnnnccc1. The largest absolute Gasteiger partial charge is 0.137 e. The van der Waals surface area contributed by atoms with Crippen LogP contribution in [-0.2, 0) is 0 Å². The summed E-state index contributed by atoms with van der Waals surface area (Å²) in [6, 6.07) is 21.1. The van der Waals surface area contributed by atoms with E-state index < -0.39 is 0 Å². The average Bonchev–Trinajstić information content (AvgIpc) is 2.41. The minimum atomic E-state index is 0.762.